The van der Waals surface area contributed by atoms with Crippen LogP contribution in [0.25, 0.3) is 0 Å². The third-order valence-corrected chi connectivity index (χ3v) is 3.91. The number of hydrogen-bond donors (Lipinski definition) is 0. The van der Waals surface area contributed by atoms with Gasteiger partial charge in [0.1, 0.15) is 6.17 Å². The Bertz CT molecular complexity index is 138. The molecule has 0 aromatic carbocycles. The highest BCUT2D eigenvalue weighted by Gasteiger charge is 2.38. The van der Waals surface area contributed by atoms with E-state index in [4.69, 9.17) is 0 Å². The normalized spacial score (nSPS) is 44.0. The van der Waals surface area contributed by atoms with Gasteiger partial charge >= 0.3 is 0 Å². The van der Waals surface area contributed by atoms with Crippen molar-refractivity contribution in [1.82, 2.24) is 0 Å². The summed E-state index contributed by atoms with van der Waals surface area (Å²) < 4.78 is 13.6. The van der Waals surface area contributed by atoms with Gasteiger partial charge in [0.2, 0.25) is 0 Å². The van der Waals surface area contributed by atoms with Crippen molar-refractivity contribution >= 4 is 0 Å². The predicted molar refractivity (Wildman–Crippen MR) is 48.7 cm³/mol. The zero-order valence-corrected chi connectivity index (χ0v) is 7.93. The first-order valence-electron chi connectivity index (χ1n) is 5.43. The first kappa shape index (κ1) is 8.52. The average Bonchev–Trinajstić information content (AvgIpc) is 1.93. The van der Waals surface area contributed by atoms with E-state index in [-0.39, 0.29) is 0 Å². The fourth-order valence-corrected chi connectivity index (χ4v) is 2.96. The van der Waals surface area contributed by atoms with Gasteiger partial charge in [0.05, 0.1) is 0 Å². The Labute approximate surface area is 74.5 Å². The van der Waals surface area contributed by atoms with Gasteiger partial charge < -0.3 is 0 Å². The first-order valence-corrected chi connectivity index (χ1v) is 5.43. The van der Waals surface area contributed by atoms with Gasteiger partial charge in [-0.3, -0.25) is 0 Å². The van der Waals surface area contributed by atoms with Gasteiger partial charge in [-0.15, -0.1) is 0 Å². The van der Waals surface area contributed by atoms with Crippen LogP contribution in [-0.4, -0.2) is 6.17 Å². The van der Waals surface area contributed by atoms with Gasteiger partial charge in [-0.25, -0.2) is 4.39 Å². The lowest BCUT2D eigenvalue weighted by molar-refractivity contribution is 0.0322. The molecular weight excluding hydrogens is 151 g/mol. The van der Waals surface area contributed by atoms with E-state index in [2.05, 4.69) is 6.92 Å². The maximum atomic E-state index is 13.6. The number of hydrogen-bond acceptors (Lipinski definition) is 0. The second-order valence-electron chi connectivity index (χ2n) is 4.69. The minimum atomic E-state index is -0.473. The summed E-state index contributed by atoms with van der Waals surface area (Å²) in [7, 11) is 0. The van der Waals surface area contributed by atoms with Crippen molar-refractivity contribution in [3.8, 4) is 0 Å². The molecule has 2 rings (SSSR count). The zero-order chi connectivity index (χ0) is 8.55. The van der Waals surface area contributed by atoms with Crippen LogP contribution in [0.4, 0.5) is 4.39 Å². The summed E-state index contributed by atoms with van der Waals surface area (Å²) in [6.45, 7) is 2.24. The highest BCUT2D eigenvalue weighted by atomic mass is 19.1. The Kier molecular flexibility index (Phi) is 2.38. The minimum Gasteiger partial charge on any atom is -0.247 e. The zero-order valence-electron chi connectivity index (χ0n) is 7.93. The summed E-state index contributed by atoms with van der Waals surface area (Å²) in [5.41, 5.74) is 0. The molecule has 0 aromatic heterocycles. The lowest BCUT2D eigenvalue weighted by atomic mass is 9.65. The van der Waals surface area contributed by atoms with E-state index in [1.807, 2.05) is 0 Å². The van der Waals surface area contributed by atoms with Crippen molar-refractivity contribution in [2.45, 2.75) is 51.6 Å². The van der Waals surface area contributed by atoms with Gasteiger partial charge in [0, 0.05) is 0 Å². The fourth-order valence-electron chi connectivity index (χ4n) is 2.96. The fraction of sp³-hybridized carbons (Fsp3) is 1.00. The second-order valence-corrected chi connectivity index (χ2v) is 4.69. The number of alkyl halides is 1. The molecule has 0 amide bonds. The van der Waals surface area contributed by atoms with Gasteiger partial charge in [0.25, 0.3) is 0 Å². The molecular formula is C11H19F. The molecule has 0 spiro atoms. The Balaban J connectivity index is 1.97. The van der Waals surface area contributed by atoms with Crippen molar-refractivity contribution in [2.24, 2.45) is 17.8 Å². The van der Waals surface area contributed by atoms with Crippen LogP contribution in [0.15, 0.2) is 0 Å². The van der Waals surface area contributed by atoms with Crippen LogP contribution in [0.1, 0.15) is 45.4 Å². The van der Waals surface area contributed by atoms with E-state index >= 15 is 0 Å². The molecule has 0 radical (unpaired) electrons. The second kappa shape index (κ2) is 3.35. The smallest absolute Gasteiger partial charge is 0.103 e. The standard InChI is InChI=1S/C11H19F/c1-8-4-2-7-10(12)11(8)9-5-3-6-9/h8-11H,2-7H2,1H3/t8-,10+,11+/m1/s1. The Hall–Kier alpha value is -0.0700. The van der Waals surface area contributed by atoms with Crippen LogP contribution in [0.2, 0.25) is 0 Å². The number of halogens is 1. The summed E-state index contributed by atoms with van der Waals surface area (Å²) in [6.07, 6.45) is 6.70. The summed E-state index contributed by atoms with van der Waals surface area (Å²) >= 11 is 0. The quantitative estimate of drug-likeness (QED) is 0.564. The van der Waals surface area contributed by atoms with Gasteiger partial charge in [-0.2, -0.15) is 0 Å². The van der Waals surface area contributed by atoms with Crippen LogP contribution in [0.5, 0.6) is 0 Å². The maximum absolute atomic E-state index is 13.6. The third-order valence-electron chi connectivity index (χ3n) is 3.91. The Morgan fingerprint density at radius 1 is 1.00 bits per heavy atom. The van der Waals surface area contributed by atoms with Crippen molar-refractivity contribution in [1.29, 1.82) is 0 Å². The molecule has 0 bridgehead atoms. The molecule has 0 saturated heterocycles. The van der Waals surface area contributed by atoms with Crippen molar-refractivity contribution in [3.05, 3.63) is 0 Å². The Morgan fingerprint density at radius 2 is 1.67 bits per heavy atom. The molecule has 2 aliphatic carbocycles. The molecule has 0 unspecified atom stereocenters. The largest absolute Gasteiger partial charge is 0.247 e. The van der Waals surface area contributed by atoms with Crippen molar-refractivity contribution < 1.29 is 4.39 Å². The minimum absolute atomic E-state index is 0.424. The highest BCUT2D eigenvalue weighted by Crippen LogP contribution is 2.44. The molecule has 70 valence electrons. The average molecular weight is 170 g/mol. The molecule has 3 atom stereocenters. The summed E-state index contributed by atoms with van der Waals surface area (Å²) in [5, 5.41) is 0. The molecule has 1 heteroatoms. The van der Waals surface area contributed by atoms with E-state index in [0.717, 1.165) is 18.8 Å². The predicted octanol–water partition coefficient (Wildman–Crippen LogP) is 3.56. The van der Waals surface area contributed by atoms with Crippen LogP contribution in [0, 0.1) is 17.8 Å². The SMILES string of the molecule is C[C@@H]1CCC[C@H](F)[C@@H]1C1CCC1. The van der Waals surface area contributed by atoms with Crippen LogP contribution >= 0.6 is 0 Å². The molecule has 0 aliphatic heterocycles. The van der Waals surface area contributed by atoms with Crippen LogP contribution in [-0.2, 0) is 0 Å². The van der Waals surface area contributed by atoms with Gasteiger partial charge in [-0.1, -0.05) is 39.0 Å². The Morgan fingerprint density at radius 3 is 2.17 bits per heavy atom. The number of rotatable bonds is 1. The molecule has 0 N–H and O–H groups in total. The lowest BCUT2D eigenvalue weighted by Crippen LogP contribution is -2.37. The van der Waals surface area contributed by atoms with E-state index in [0.29, 0.717) is 11.8 Å². The summed E-state index contributed by atoms with van der Waals surface area (Å²) in [5.74, 6) is 1.82. The monoisotopic (exact) mass is 170 g/mol. The molecule has 2 aliphatic rings. The topological polar surface area (TPSA) is 0 Å². The van der Waals surface area contributed by atoms with E-state index in [9.17, 15) is 4.39 Å². The van der Waals surface area contributed by atoms with E-state index < -0.39 is 6.17 Å². The molecule has 2 saturated carbocycles. The molecule has 12 heavy (non-hydrogen) atoms. The maximum Gasteiger partial charge on any atom is 0.103 e. The molecule has 0 heterocycles. The molecule has 0 aromatic rings. The summed E-state index contributed by atoms with van der Waals surface area (Å²) in [6, 6.07) is 0. The van der Waals surface area contributed by atoms with Crippen molar-refractivity contribution in [3.63, 3.8) is 0 Å². The van der Waals surface area contributed by atoms with Crippen molar-refractivity contribution in [2.75, 3.05) is 0 Å². The van der Waals surface area contributed by atoms with Gasteiger partial charge in [0.15, 0.2) is 0 Å². The highest BCUT2D eigenvalue weighted by molar-refractivity contribution is 4.88. The van der Waals surface area contributed by atoms with E-state index in [1.165, 1.54) is 25.7 Å². The van der Waals surface area contributed by atoms with Gasteiger partial charge in [-0.05, 0) is 24.2 Å². The van der Waals surface area contributed by atoms with Crippen LogP contribution < -0.4 is 0 Å². The van der Waals surface area contributed by atoms with E-state index in [1.54, 1.807) is 0 Å². The lowest BCUT2D eigenvalue weighted by Gasteiger charge is -2.42. The molecule has 2 fully saturated rings. The van der Waals surface area contributed by atoms with Crippen LogP contribution in [0.3, 0.4) is 0 Å². The first-order chi connectivity index (χ1) is 5.79. The molecule has 0 nitrogen and oxygen atoms in total. The third kappa shape index (κ3) is 1.38. The summed E-state index contributed by atoms with van der Waals surface area (Å²) in [4.78, 5) is 0.